The largest absolute Gasteiger partial charge is 0.493 e. The van der Waals surface area contributed by atoms with E-state index in [2.05, 4.69) is 10.6 Å². The van der Waals surface area contributed by atoms with Crippen LogP contribution in [-0.4, -0.2) is 32.1 Å². The van der Waals surface area contributed by atoms with Gasteiger partial charge in [-0.05, 0) is 44.4 Å². The molecule has 1 aliphatic rings. The van der Waals surface area contributed by atoms with Gasteiger partial charge in [0.2, 0.25) is 11.8 Å². The van der Waals surface area contributed by atoms with Gasteiger partial charge in [-0.15, -0.1) is 0 Å². The zero-order valence-electron chi connectivity index (χ0n) is 16.9. The first-order valence-corrected chi connectivity index (χ1v) is 9.68. The number of methoxy groups -OCH3 is 2. The molecule has 2 amide bonds. The fourth-order valence-corrected chi connectivity index (χ4v) is 3.29. The fourth-order valence-electron chi connectivity index (χ4n) is 3.29. The SMILES string of the molecule is COc1ccc(CNC(=O)C(C)(C)C(=O)NC2CCCCCC2)cc1OC. The van der Waals surface area contributed by atoms with Gasteiger partial charge < -0.3 is 20.1 Å². The molecule has 1 aliphatic carbocycles. The molecule has 0 radical (unpaired) electrons. The molecule has 0 saturated heterocycles. The van der Waals surface area contributed by atoms with E-state index in [9.17, 15) is 9.59 Å². The maximum atomic E-state index is 12.7. The Hall–Kier alpha value is -2.24. The lowest BCUT2D eigenvalue weighted by Crippen LogP contribution is -2.50. The number of ether oxygens (including phenoxy) is 2. The van der Waals surface area contributed by atoms with Gasteiger partial charge in [-0.2, -0.15) is 0 Å². The quantitative estimate of drug-likeness (QED) is 0.566. The highest BCUT2D eigenvalue weighted by atomic mass is 16.5. The van der Waals surface area contributed by atoms with E-state index in [0.717, 1.165) is 31.2 Å². The van der Waals surface area contributed by atoms with Gasteiger partial charge in [0.25, 0.3) is 0 Å². The fraction of sp³-hybridized carbons (Fsp3) is 0.619. The van der Waals surface area contributed by atoms with Crippen LogP contribution in [0.3, 0.4) is 0 Å². The van der Waals surface area contributed by atoms with Crippen LogP contribution < -0.4 is 20.1 Å². The lowest BCUT2D eigenvalue weighted by atomic mass is 9.90. The summed E-state index contributed by atoms with van der Waals surface area (Å²) in [5.41, 5.74) is -0.246. The Morgan fingerprint density at radius 3 is 2.22 bits per heavy atom. The van der Waals surface area contributed by atoms with Crippen LogP contribution >= 0.6 is 0 Å². The van der Waals surface area contributed by atoms with E-state index in [1.807, 2.05) is 12.1 Å². The van der Waals surface area contributed by atoms with Crippen LogP contribution in [0.25, 0.3) is 0 Å². The molecule has 0 bridgehead atoms. The van der Waals surface area contributed by atoms with Crippen LogP contribution in [-0.2, 0) is 16.1 Å². The third-order valence-electron chi connectivity index (χ3n) is 5.23. The van der Waals surface area contributed by atoms with Crippen molar-refractivity contribution in [2.75, 3.05) is 14.2 Å². The molecule has 0 spiro atoms. The van der Waals surface area contributed by atoms with Crippen molar-refractivity contribution in [2.45, 2.75) is 65.0 Å². The summed E-state index contributed by atoms with van der Waals surface area (Å²) in [6.45, 7) is 3.66. The van der Waals surface area contributed by atoms with E-state index in [1.54, 1.807) is 34.1 Å². The number of carbonyl (C=O) groups excluding carboxylic acids is 2. The number of hydrogen-bond acceptors (Lipinski definition) is 4. The predicted octanol–water partition coefficient (Wildman–Crippen LogP) is 3.19. The van der Waals surface area contributed by atoms with E-state index < -0.39 is 5.41 Å². The number of hydrogen-bond donors (Lipinski definition) is 2. The molecule has 1 aromatic carbocycles. The Morgan fingerprint density at radius 2 is 1.63 bits per heavy atom. The molecule has 0 unspecified atom stereocenters. The normalized spacial score (nSPS) is 15.6. The average molecular weight is 376 g/mol. The summed E-state index contributed by atoms with van der Waals surface area (Å²) < 4.78 is 10.5. The third-order valence-corrected chi connectivity index (χ3v) is 5.23. The van der Waals surface area contributed by atoms with E-state index in [-0.39, 0.29) is 17.9 Å². The Bertz CT molecular complexity index is 650. The molecule has 6 nitrogen and oxygen atoms in total. The topological polar surface area (TPSA) is 76.7 Å². The highest BCUT2D eigenvalue weighted by Crippen LogP contribution is 2.27. The second-order valence-electron chi connectivity index (χ2n) is 7.66. The highest BCUT2D eigenvalue weighted by molar-refractivity contribution is 6.04. The van der Waals surface area contributed by atoms with Crippen molar-refractivity contribution in [1.29, 1.82) is 0 Å². The molecule has 1 aromatic rings. The monoisotopic (exact) mass is 376 g/mol. The zero-order valence-corrected chi connectivity index (χ0v) is 16.9. The Morgan fingerprint density at radius 1 is 1.00 bits per heavy atom. The molecule has 2 rings (SSSR count). The molecule has 0 aliphatic heterocycles. The first kappa shape index (κ1) is 21.1. The number of amides is 2. The highest BCUT2D eigenvalue weighted by Gasteiger charge is 2.36. The summed E-state index contributed by atoms with van der Waals surface area (Å²) in [4.78, 5) is 25.3. The van der Waals surface area contributed by atoms with Crippen molar-refractivity contribution in [2.24, 2.45) is 5.41 Å². The van der Waals surface area contributed by atoms with Crippen LogP contribution in [0.5, 0.6) is 11.5 Å². The lowest BCUT2D eigenvalue weighted by Gasteiger charge is -2.26. The number of benzene rings is 1. The third kappa shape index (κ3) is 5.62. The molecule has 1 saturated carbocycles. The van der Waals surface area contributed by atoms with Crippen molar-refractivity contribution in [3.05, 3.63) is 23.8 Å². The molecule has 0 heterocycles. The summed E-state index contributed by atoms with van der Waals surface area (Å²) in [6.07, 6.45) is 6.71. The molecule has 2 N–H and O–H groups in total. The maximum Gasteiger partial charge on any atom is 0.235 e. The smallest absolute Gasteiger partial charge is 0.235 e. The minimum absolute atomic E-state index is 0.179. The van der Waals surface area contributed by atoms with Crippen molar-refractivity contribution in [3.8, 4) is 11.5 Å². The van der Waals surface area contributed by atoms with E-state index in [1.165, 1.54) is 12.8 Å². The Balaban J connectivity index is 1.93. The second kappa shape index (κ2) is 9.62. The second-order valence-corrected chi connectivity index (χ2v) is 7.66. The lowest BCUT2D eigenvalue weighted by molar-refractivity contribution is -0.141. The standard InChI is InChI=1S/C21H32N2O4/c1-21(2,20(25)23-16-9-7-5-6-8-10-16)19(24)22-14-15-11-12-17(26-3)18(13-15)27-4/h11-13,16H,5-10,14H2,1-4H3,(H,22,24)(H,23,25). The molecule has 27 heavy (non-hydrogen) atoms. The van der Waals surface area contributed by atoms with Gasteiger partial charge in [-0.3, -0.25) is 9.59 Å². The molecule has 0 aromatic heterocycles. The van der Waals surface area contributed by atoms with Gasteiger partial charge in [0.05, 0.1) is 14.2 Å². The van der Waals surface area contributed by atoms with Gasteiger partial charge >= 0.3 is 0 Å². The van der Waals surface area contributed by atoms with Crippen molar-refractivity contribution in [3.63, 3.8) is 0 Å². The van der Waals surface area contributed by atoms with E-state index in [0.29, 0.717) is 18.0 Å². The summed E-state index contributed by atoms with van der Waals surface area (Å²) in [5.74, 6) is 0.743. The minimum Gasteiger partial charge on any atom is -0.493 e. The van der Waals surface area contributed by atoms with Crippen LogP contribution in [0.15, 0.2) is 18.2 Å². The first-order chi connectivity index (χ1) is 12.9. The molecule has 150 valence electrons. The Labute approximate surface area is 162 Å². The summed E-state index contributed by atoms with van der Waals surface area (Å²) >= 11 is 0. The van der Waals surface area contributed by atoms with Crippen LogP contribution in [0, 0.1) is 5.41 Å². The summed E-state index contributed by atoms with van der Waals surface area (Å²) in [7, 11) is 3.15. The van der Waals surface area contributed by atoms with Crippen molar-refractivity contribution in [1.82, 2.24) is 10.6 Å². The van der Waals surface area contributed by atoms with Crippen LogP contribution in [0.4, 0.5) is 0 Å². The minimum atomic E-state index is -1.12. The Kier molecular flexibility index (Phi) is 7.51. The maximum absolute atomic E-state index is 12.7. The van der Waals surface area contributed by atoms with E-state index >= 15 is 0 Å². The van der Waals surface area contributed by atoms with Gasteiger partial charge in [0.1, 0.15) is 5.41 Å². The number of carbonyl (C=O) groups is 2. The average Bonchev–Trinajstić information content (AvgIpc) is 2.94. The summed E-state index contributed by atoms with van der Waals surface area (Å²) in [6, 6.07) is 5.65. The summed E-state index contributed by atoms with van der Waals surface area (Å²) in [5, 5.41) is 5.94. The molecular weight excluding hydrogens is 344 g/mol. The molecule has 0 atom stereocenters. The van der Waals surface area contributed by atoms with Gasteiger partial charge in [-0.25, -0.2) is 0 Å². The molecule has 1 fully saturated rings. The number of nitrogens with one attached hydrogen (secondary N) is 2. The van der Waals surface area contributed by atoms with Crippen molar-refractivity contribution < 1.29 is 19.1 Å². The van der Waals surface area contributed by atoms with Crippen LogP contribution in [0.1, 0.15) is 57.9 Å². The van der Waals surface area contributed by atoms with E-state index in [4.69, 9.17) is 9.47 Å². The van der Waals surface area contributed by atoms with Crippen molar-refractivity contribution >= 4 is 11.8 Å². The predicted molar refractivity (Wildman–Crippen MR) is 105 cm³/mol. The first-order valence-electron chi connectivity index (χ1n) is 9.68. The van der Waals surface area contributed by atoms with Gasteiger partial charge in [-0.1, -0.05) is 31.7 Å². The molecule has 6 heteroatoms. The van der Waals surface area contributed by atoms with Gasteiger partial charge in [0.15, 0.2) is 11.5 Å². The zero-order chi connectivity index (χ0) is 19.9. The van der Waals surface area contributed by atoms with Gasteiger partial charge in [0, 0.05) is 12.6 Å². The molecular formula is C21H32N2O4. The number of rotatable bonds is 7. The van der Waals surface area contributed by atoms with Crippen LogP contribution in [0.2, 0.25) is 0 Å².